The fourth-order valence-corrected chi connectivity index (χ4v) is 2.36. The number of anilines is 1. The average Bonchev–Trinajstić information content (AvgIpc) is 2.67. The molecule has 0 saturated heterocycles. The first-order chi connectivity index (χ1) is 13.0. The van der Waals surface area contributed by atoms with Crippen LogP contribution in [0.2, 0.25) is 0 Å². The van der Waals surface area contributed by atoms with Gasteiger partial charge in [-0.3, -0.25) is 9.59 Å². The molecule has 0 bridgehead atoms. The molecule has 0 fully saturated rings. The van der Waals surface area contributed by atoms with E-state index in [1.807, 2.05) is 18.2 Å². The van der Waals surface area contributed by atoms with Crippen LogP contribution in [-0.4, -0.2) is 36.9 Å². The lowest BCUT2D eigenvalue weighted by atomic mass is 10.2. The van der Waals surface area contributed by atoms with Gasteiger partial charge in [0.05, 0.1) is 7.11 Å². The van der Waals surface area contributed by atoms with Crippen molar-refractivity contribution in [1.82, 2.24) is 4.90 Å². The number of hydrogen-bond donors (Lipinski definition) is 1. The maximum Gasteiger partial charge on any atom is 0.289 e. The number of nitrogens with zero attached hydrogens (tertiary/aromatic N) is 1. The zero-order valence-electron chi connectivity index (χ0n) is 15.0. The molecule has 2 aromatic carbocycles. The first-order valence-electron chi connectivity index (χ1n) is 8.30. The Morgan fingerprint density at radius 3 is 2.26 bits per heavy atom. The summed E-state index contributed by atoms with van der Waals surface area (Å²) in [4.78, 5) is 26.0. The minimum Gasteiger partial charge on any atom is -0.491 e. The van der Waals surface area contributed by atoms with Crippen LogP contribution in [0.25, 0.3) is 6.08 Å². The number of benzene rings is 2. The molecule has 2 aromatic rings. The van der Waals surface area contributed by atoms with Crippen LogP contribution in [0.15, 0.2) is 54.3 Å². The van der Waals surface area contributed by atoms with E-state index in [0.29, 0.717) is 0 Å². The Bertz CT molecular complexity index is 818. The lowest BCUT2D eigenvalue weighted by molar-refractivity contribution is -0.133. The summed E-state index contributed by atoms with van der Waals surface area (Å²) in [6.45, 7) is 1.52. The van der Waals surface area contributed by atoms with E-state index in [1.165, 1.54) is 18.1 Å². The topological polar surface area (TPSA) is 58.6 Å². The molecule has 0 saturated carbocycles. The summed E-state index contributed by atoms with van der Waals surface area (Å²) in [5.74, 6) is -2.95. The van der Waals surface area contributed by atoms with Crippen molar-refractivity contribution in [2.45, 2.75) is 6.92 Å². The number of methoxy groups -OCH3 is 1. The summed E-state index contributed by atoms with van der Waals surface area (Å²) in [7, 11) is 1.36. The second-order valence-electron chi connectivity index (χ2n) is 5.59. The van der Waals surface area contributed by atoms with Crippen molar-refractivity contribution in [3.8, 4) is 0 Å². The largest absolute Gasteiger partial charge is 0.491 e. The molecular formula is C20H20F2N2O3. The molecule has 0 radical (unpaired) electrons. The number of hydrogen-bond acceptors (Lipinski definition) is 3. The highest BCUT2D eigenvalue weighted by Crippen LogP contribution is 2.18. The number of para-hydroxylation sites is 1. The molecule has 0 unspecified atom stereocenters. The Kier molecular flexibility index (Phi) is 7.05. The Morgan fingerprint density at radius 1 is 1.07 bits per heavy atom. The third-order valence-corrected chi connectivity index (χ3v) is 3.76. The van der Waals surface area contributed by atoms with Gasteiger partial charge in [-0.15, -0.1) is 0 Å². The predicted molar refractivity (Wildman–Crippen MR) is 98.7 cm³/mol. The van der Waals surface area contributed by atoms with Gasteiger partial charge in [-0.25, -0.2) is 8.78 Å². The van der Waals surface area contributed by atoms with E-state index in [-0.39, 0.29) is 18.8 Å². The van der Waals surface area contributed by atoms with Crippen LogP contribution in [0, 0.1) is 11.6 Å². The highest BCUT2D eigenvalue weighted by atomic mass is 19.1. The van der Waals surface area contributed by atoms with Gasteiger partial charge in [0.1, 0.15) is 23.9 Å². The number of ether oxygens (including phenoxy) is 1. The summed E-state index contributed by atoms with van der Waals surface area (Å²) >= 11 is 0. The Morgan fingerprint density at radius 2 is 1.70 bits per heavy atom. The van der Waals surface area contributed by atoms with Crippen molar-refractivity contribution >= 4 is 23.6 Å². The SMILES string of the molecule is CCN(CC(=O)Nc1c(F)cccc1F)C(=O)C(=Cc1ccccc1)OC. The van der Waals surface area contributed by atoms with Gasteiger partial charge in [0.2, 0.25) is 5.91 Å². The van der Waals surface area contributed by atoms with E-state index >= 15 is 0 Å². The van der Waals surface area contributed by atoms with Crippen molar-refractivity contribution < 1.29 is 23.1 Å². The summed E-state index contributed by atoms with van der Waals surface area (Å²) in [6, 6.07) is 12.3. The van der Waals surface area contributed by atoms with E-state index in [1.54, 1.807) is 25.1 Å². The summed E-state index contributed by atoms with van der Waals surface area (Å²) in [5.41, 5.74) is 0.217. The first-order valence-corrected chi connectivity index (χ1v) is 8.30. The van der Waals surface area contributed by atoms with E-state index in [2.05, 4.69) is 5.32 Å². The molecule has 0 heterocycles. The number of rotatable bonds is 7. The van der Waals surface area contributed by atoms with Gasteiger partial charge in [-0.1, -0.05) is 36.4 Å². The van der Waals surface area contributed by atoms with Crippen molar-refractivity contribution in [1.29, 1.82) is 0 Å². The van der Waals surface area contributed by atoms with Crippen LogP contribution in [0.4, 0.5) is 14.5 Å². The molecule has 2 amide bonds. The molecule has 5 nitrogen and oxygen atoms in total. The normalized spacial score (nSPS) is 11.0. The minimum atomic E-state index is -0.890. The minimum absolute atomic E-state index is 0.0490. The van der Waals surface area contributed by atoms with Crippen LogP contribution >= 0.6 is 0 Å². The predicted octanol–water partition coefficient (Wildman–Crippen LogP) is 3.44. The molecule has 0 aliphatic rings. The van der Waals surface area contributed by atoms with Gasteiger partial charge in [0.25, 0.3) is 5.91 Å². The number of nitrogens with one attached hydrogen (secondary N) is 1. The summed E-state index contributed by atoms with van der Waals surface area (Å²) in [5, 5.41) is 2.16. The molecule has 7 heteroatoms. The van der Waals surface area contributed by atoms with Crippen molar-refractivity contribution in [3.63, 3.8) is 0 Å². The van der Waals surface area contributed by atoms with Gasteiger partial charge < -0.3 is 15.0 Å². The molecule has 0 aromatic heterocycles. The second kappa shape index (κ2) is 9.47. The average molecular weight is 374 g/mol. The Balaban J connectivity index is 2.12. The smallest absolute Gasteiger partial charge is 0.289 e. The van der Waals surface area contributed by atoms with Gasteiger partial charge in [0.15, 0.2) is 5.76 Å². The number of carbonyl (C=O) groups is 2. The number of amides is 2. The molecule has 0 spiro atoms. The van der Waals surface area contributed by atoms with Crippen LogP contribution < -0.4 is 5.32 Å². The van der Waals surface area contributed by atoms with E-state index in [9.17, 15) is 18.4 Å². The van der Waals surface area contributed by atoms with Gasteiger partial charge in [-0.2, -0.15) is 0 Å². The first kappa shape index (κ1) is 20.1. The maximum absolute atomic E-state index is 13.6. The molecule has 1 N–H and O–H groups in total. The Labute approximate surface area is 156 Å². The van der Waals surface area contributed by atoms with Crippen molar-refractivity contribution in [2.24, 2.45) is 0 Å². The number of likely N-dealkylation sites (N-methyl/N-ethyl adjacent to an activating group) is 1. The van der Waals surface area contributed by atoms with Gasteiger partial charge >= 0.3 is 0 Å². The van der Waals surface area contributed by atoms with Crippen molar-refractivity contribution in [3.05, 3.63) is 71.5 Å². The molecule has 0 atom stereocenters. The van der Waals surface area contributed by atoms with Gasteiger partial charge in [-0.05, 0) is 30.7 Å². The van der Waals surface area contributed by atoms with E-state index in [4.69, 9.17) is 4.74 Å². The lowest BCUT2D eigenvalue weighted by Crippen LogP contribution is -2.39. The lowest BCUT2D eigenvalue weighted by Gasteiger charge is -2.21. The molecule has 2 rings (SSSR count). The molecule has 0 aliphatic heterocycles. The quantitative estimate of drug-likeness (QED) is 0.597. The third-order valence-electron chi connectivity index (χ3n) is 3.76. The highest BCUT2D eigenvalue weighted by molar-refractivity contribution is 6.00. The summed E-state index contributed by atoms with van der Waals surface area (Å²) < 4.78 is 32.5. The van der Waals surface area contributed by atoms with Crippen molar-refractivity contribution in [2.75, 3.05) is 25.5 Å². The molecule has 142 valence electrons. The zero-order valence-corrected chi connectivity index (χ0v) is 15.0. The zero-order chi connectivity index (χ0) is 19.8. The fourth-order valence-electron chi connectivity index (χ4n) is 2.36. The Hall–Kier alpha value is -3.22. The monoisotopic (exact) mass is 374 g/mol. The third kappa shape index (κ3) is 5.37. The maximum atomic E-state index is 13.6. The van der Waals surface area contributed by atoms with Crippen LogP contribution in [-0.2, 0) is 14.3 Å². The molecular weight excluding hydrogens is 354 g/mol. The van der Waals surface area contributed by atoms with Crippen LogP contribution in [0.1, 0.15) is 12.5 Å². The molecule has 0 aliphatic carbocycles. The highest BCUT2D eigenvalue weighted by Gasteiger charge is 2.21. The number of carbonyl (C=O) groups excluding carboxylic acids is 2. The van der Waals surface area contributed by atoms with E-state index in [0.717, 1.165) is 17.7 Å². The van der Waals surface area contributed by atoms with Gasteiger partial charge in [0, 0.05) is 6.54 Å². The number of halogens is 2. The second-order valence-corrected chi connectivity index (χ2v) is 5.59. The van der Waals surface area contributed by atoms with E-state index < -0.39 is 29.1 Å². The molecule has 27 heavy (non-hydrogen) atoms. The summed E-state index contributed by atoms with van der Waals surface area (Å²) in [6.07, 6.45) is 1.55. The fraction of sp³-hybridized carbons (Fsp3) is 0.200. The van der Waals surface area contributed by atoms with Crippen LogP contribution in [0.5, 0.6) is 0 Å². The van der Waals surface area contributed by atoms with Crippen LogP contribution in [0.3, 0.4) is 0 Å². The standard InChI is InChI=1S/C20H20F2N2O3/c1-3-24(13-18(25)23-19-15(21)10-7-11-16(19)22)20(26)17(27-2)12-14-8-5-4-6-9-14/h4-12H,3,13H2,1-2H3,(H,23,25).